The lowest BCUT2D eigenvalue weighted by atomic mass is 10.0. The van der Waals surface area contributed by atoms with E-state index in [0.717, 1.165) is 33.9 Å². The van der Waals surface area contributed by atoms with Gasteiger partial charge in [-0.3, -0.25) is 4.79 Å². The van der Waals surface area contributed by atoms with E-state index in [1.54, 1.807) is 47.0 Å². The summed E-state index contributed by atoms with van der Waals surface area (Å²) in [5.41, 5.74) is 1.45. The highest BCUT2D eigenvalue weighted by Crippen LogP contribution is 2.32. The number of fused-ring (bicyclic) bond motifs is 1. The Balaban J connectivity index is 1.22. The third-order valence-corrected chi connectivity index (χ3v) is 9.74. The molecule has 0 bridgehead atoms. The topological polar surface area (TPSA) is 83.0 Å². The number of piperidine rings is 1. The first kappa shape index (κ1) is 24.0. The molecule has 0 saturated carbocycles. The van der Waals surface area contributed by atoms with Crippen molar-refractivity contribution >= 4 is 42.6 Å². The number of carbonyl (C=O) groups excluding carboxylic acids is 1. The standard InChI is InChI=1S/C25H30N4O4S2/c1-18-4-3-11-29(17-18)35(31,32)21-8-5-19(6-9-21)24(30)27-12-14-28(15-13-27)25-26-22-10-7-20(33-2)16-23(22)34-25/h5-10,16,18H,3-4,11-15,17H2,1-2H3. The molecule has 186 valence electrons. The zero-order chi connectivity index (χ0) is 24.6. The van der Waals surface area contributed by atoms with Gasteiger partial charge in [0.15, 0.2) is 5.13 Å². The van der Waals surface area contributed by atoms with Gasteiger partial charge in [-0.25, -0.2) is 13.4 Å². The van der Waals surface area contributed by atoms with E-state index in [-0.39, 0.29) is 10.8 Å². The van der Waals surface area contributed by atoms with E-state index in [1.807, 2.05) is 23.1 Å². The Bertz CT molecular complexity index is 1310. The van der Waals surface area contributed by atoms with Gasteiger partial charge < -0.3 is 14.5 Å². The number of hydrogen-bond donors (Lipinski definition) is 0. The summed E-state index contributed by atoms with van der Waals surface area (Å²) in [7, 11) is -1.87. The largest absolute Gasteiger partial charge is 0.497 e. The van der Waals surface area contributed by atoms with E-state index in [9.17, 15) is 13.2 Å². The van der Waals surface area contributed by atoms with Gasteiger partial charge in [0.2, 0.25) is 10.0 Å². The summed E-state index contributed by atoms with van der Waals surface area (Å²) in [5.74, 6) is 1.10. The van der Waals surface area contributed by atoms with Crippen LogP contribution in [0.2, 0.25) is 0 Å². The molecular formula is C25H30N4O4S2. The lowest BCUT2D eigenvalue weighted by molar-refractivity contribution is 0.0746. The predicted octanol–water partition coefficient (Wildman–Crippen LogP) is 3.69. The first-order chi connectivity index (χ1) is 16.8. The lowest BCUT2D eigenvalue weighted by Gasteiger charge is -2.34. The SMILES string of the molecule is COc1ccc2nc(N3CCN(C(=O)c4ccc(S(=O)(=O)N5CCCC(C)C5)cc4)CC3)sc2c1. The molecule has 8 nitrogen and oxygen atoms in total. The number of methoxy groups -OCH3 is 1. The Morgan fingerprint density at radius 2 is 1.80 bits per heavy atom. The quantitative estimate of drug-likeness (QED) is 0.517. The van der Waals surface area contributed by atoms with Crippen molar-refractivity contribution in [2.45, 2.75) is 24.7 Å². The number of aromatic nitrogens is 1. The van der Waals surface area contributed by atoms with Crippen LogP contribution in [0.15, 0.2) is 47.4 Å². The van der Waals surface area contributed by atoms with Crippen LogP contribution >= 0.6 is 11.3 Å². The Morgan fingerprint density at radius 1 is 1.06 bits per heavy atom. The molecule has 1 atom stereocenters. The molecule has 10 heteroatoms. The van der Waals surface area contributed by atoms with Crippen molar-refractivity contribution in [1.82, 2.24) is 14.2 Å². The number of carbonyl (C=O) groups is 1. The molecule has 35 heavy (non-hydrogen) atoms. The molecule has 0 N–H and O–H groups in total. The minimum Gasteiger partial charge on any atom is -0.497 e. The maximum Gasteiger partial charge on any atom is 0.253 e. The van der Waals surface area contributed by atoms with E-state index in [0.29, 0.717) is 50.7 Å². The number of anilines is 1. The van der Waals surface area contributed by atoms with Gasteiger partial charge in [0, 0.05) is 44.8 Å². The average Bonchev–Trinajstić information content (AvgIpc) is 3.32. The second kappa shape index (κ2) is 9.75. The maximum absolute atomic E-state index is 13.1. The molecule has 0 radical (unpaired) electrons. The molecule has 2 fully saturated rings. The molecule has 1 amide bonds. The smallest absolute Gasteiger partial charge is 0.253 e. The van der Waals surface area contributed by atoms with E-state index in [1.165, 1.54) is 0 Å². The van der Waals surface area contributed by atoms with Crippen molar-refractivity contribution in [2.75, 3.05) is 51.3 Å². The number of piperazine rings is 1. The summed E-state index contributed by atoms with van der Waals surface area (Å²) in [6.45, 7) is 5.75. The first-order valence-electron chi connectivity index (χ1n) is 11.9. The summed E-state index contributed by atoms with van der Waals surface area (Å²) < 4.78 is 33.9. The summed E-state index contributed by atoms with van der Waals surface area (Å²) >= 11 is 1.63. The molecule has 0 spiro atoms. The summed E-state index contributed by atoms with van der Waals surface area (Å²) in [5, 5.41) is 0.946. The van der Waals surface area contributed by atoms with Crippen molar-refractivity contribution in [3.63, 3.8) is 0 Å². The summed E-state index contributed by atoms with van der Waals surface area (Å²) in [6.07, 6.45) is 1.94. The third-order valence-electron chi connectivity index (χ3n) is 6.78. The van der Waals surface area contributed by atoms with Gasteiger partial charge in [-0.2, -0.15) is 4.31 Å². The van der Waals surface area contributed by atoms with E-state index < -0.39 is 10.0 Å². The van der Waals surface area contributed by atoms with Gasteiger partial charge in [-0.05, 0) is 61.2 Å². The van der Waals surface area contributed by atoms with Crippen LogP contribution in [0.3, 0.4) is 0 Å². The third kappa shape index (κ3) is 4.87. The second-order valence-electron chi connectivity index (χ2n) is 9.24. The number of sulfonamides is 1. The Kier molecular flexibility index (Phi) is 6.69. The number of rotatable bonds is 5. The van der Waals surface area contributed by atoms with Crippen LogP contribution in [0, 0.1) is 5.92 Å². The molecule has 1 unspecified atom stereocenters. The highest BCUT2D eigenvalue weighted by Gasteiger charge is 2.29. The molecular weight excluding hydrogens is 484 g/mol. The number of benzene rings is 2. The Morgan fingerprint density at radius 3 is 2.49 bits per heavy atom. The zero-order valence-corrected chi connectivity index (χ0v) is 21.6. The number of ether oxygens (including phenoxy) is 1. The summed E-state index contributed by atoms with van der Waals surface area (Å²) in [4.78, 5) is 22.1. The van der Waals surface area contributed by atoms with Gasteiger partial charge in [0.25, 0.3) is 5.91 Å². The van der Waals surface area contributed by atoms with Crippen molar-refractivity contribution in [1.29, 1.82) is 0 Å². The molecule has 1 aromatic heterocycles. The van der Waals surface area contributed by atoms with Gasteiger partial charge in [0.1, 0.15) is 5.75 Å². The van der Waals surface area contributed by atoms with Crippen LogP contribution in [-0.2, 0) is 10.0 Å². The molecule has 5 rings (SSSR count). The van der Waals surface area contributed by atoms with Crippen LogP contribution in [0.5, 0.6) is 5.75 Å². The van der Waals surface area contributed by atoms with Crippen LogP contribution in [0.1, 0.15) is 30.1 Å². The van der Waals surface area contributed by atoms with Crippen LogP contribution in [-0.4, -0.2) is 74.9 Å². The first-order valence-corrected chi connectivity index (χ1v) is 14.2. The highest BCUT2D eigenvalue weighted by atomic mass is 32.2. The Labute approximate surface area is 210 Å². The van der Waals surface area contributed by atoms with Crippen molar-refractivity contribution < 1.29 is 17.9 Å². The number of thiazole rings is 1. The maximum atomic E-state index is 13.1. The van der Waals surface area contributed by atoms with Gasteiger partial charge in [0.05, 0.1) is 22.2 Å². The van der Waals surface area contributed by atoms with Crippen LogP contribution in [0.4, 0.5) is 5.13 Å². The molecule has 3 aromatic rings. The van der Waals surface area contributed by atoms with E-state index in [2.05, 4.69) is 11.8 Å². The van der Waals surface area contributed by atoms with Crippen LogP contribution in [0.25, 0.3) is 10.2 Å². The van der Waals surface area contributed by atoms with E-state index in [4.69, 9.17) is 9.72 Å². The van der Waals surface area contributed by atoms with E-state index >= 15 is 0 Å². The second-order valence-corrected chi connectivity index (χ2v) is 12.2. The van der Waals surface area contributed by atoms with Gasteiger partial charge in [-0.15, -0.1) is 0 Å². The molecule has 0 aliphatic carbocycles. The zero-order valence-electron chi connectivity index (χ0n) is 20.0. The lowest BCUT2D eigenvalue weighted by Crippen LogP contribution is -2.48. The van der Waals surface area contributed by atoms with Crippen LogP contribution < -0.4 is 9.64 Å². The van der Waals surface area contributed by atoms with Crippen molar-refractivity contribution in [3.8, 4) is 5.75 Å². The summed E-state index contributed by atoms with van der Waals surface area (Å²) in [6, 6.07) is 12.3. The molecule has 2 saturated heterocycles. The van der Waals surface area contributed by atoms with Gasteiger partial charge >= 0.3 is 0 Å². The van der Waals surface area contributed by atoms with Crippen molar-refractivity contribution in [2.24, 2.45) is 5.92 Å². The predicted molar refractivity (Wildman–Crippen MR) is 138 cm³/mol. The molecule has 2 aromatic carbocycles. The van der Waals surface area contributed by atoms with Crippen molar-refractivity contribution in [3.05, 3.63) is 48.0 Å². The normalized spacial score (nSPS) is 19.8. The molecule has 2 aliphatic rings. The van der Waals surface area contributed by atoms with Gasteiger partial charge in [-0.1, -0.05) is 18.3 Å². The Hall–Kier alpha value is -2.69. The number of nitrogens with zero attached hydrogens (tertiary/aromatic N) is 4. The molecule has 3 heterocycles. The number of hydrogen-bond acceptors (Lipinski definition) is 7. The average molecular weight is 515 g/mol. The monoisotopic (exact) mass is 514 g/mol. The highest BCUT2D eigenvalue weighted by molar-refractivity contribution is 7.89. The fourth-order valence-corrected chi connectivity index (χ4v) is 7.37. The minimum atomic E-state index is -3.53. The fraction of sp³-hybridized carbons (Fsp3) is 0.440. The molecule has 2 aliphatic heterocycles. The number of amides is 1. The fourth-order valence-electron chi connectivity index (χ4n) is 4.72. The minimum absolute atomic E-state index is 0.0748.